The quantitative estimate of drug-likeness (QED) is 0.292. The molecule has 2 atom stereocenters. The molecule has 4 N–H and O–H groups in total. The van der Waals surface area contributed by atoms with E-state index in [2.05, 4.69) is 20.9 Å². The maximum atomic E-state index is 12.9. The molecule has 1 aliphatic heterocycles. The summed E-state index contributed by atoms with van der Waals surface area (Å²) < 4.78 is 10.6. The molecule has 39 heavy (non-hydrogen) atoms. The Morgan fingerprint density at radius 2 is 2.03 bits per heavy atom. The largest absolute Gasteiger partial charge is 0.493 e. The minimum atomic E-state index is -1.45. The zero-order chi connectivity index (χ0) is 28.6. The number of carbonyl (C=O) groups is 5. The molecular weight excluding hydrogens is 506 g/mol. The van der Waals surface area contributed by atoms with E-state index in [-0.39, 0.29) is 18.0 Å². The van der Waals surface area contributed by atoms with Crippen LogP contribution in [0.4, 0.5) is 0 Å². The molecule has 2 aromatic rings. The fourth-order valence-corrected chi connectivity index (χ4v) is 4.11. The zero-order valence-electron chi connectivity index (χ0n) is 22.2. The molecule has 1 aromatic carbocycles. The molecular formula is C27H33N5O7. The summed E-state index contributed by atoms with van der Waals surface area (Å²) in [6.45, 7) is 4.46. The van der Waals surface area contributed by atoms with Gasteiger partial charge in [-0.3, -0.25) is 24.0 Å². The number of H-pyrrole nitrogens is 1. The Labute approximate surface area is 225 Å². The second kappa shape index (κ2) is 12.9. The van der Waals surface area contributed by atoms with E-state index in [9.17, 15) is 24.0 Å². The summed E-state index contributed by atoms with van der Waals surface area (Å²) in [5, 5.41) is 17.6. The van der Waals surface area contributed by atoms with Crippen LogP contribution in [0.3, 0.4) is 0 Å². The number of nitriles is 1. The van der Waals surface area contributed by atoms with E-state index in [4.69, 9.17) is 14.7 Å². The van der Waals surface area contributed by atoms with Gasteiger partial charge in [0, 0.05) is 23.4 Å². The monoisotopic (exact) mass is 539 g/mol. The number of fused-ring (bicyclic) bond motifs is 1. The molecule has 1 saturated heterocycles. The summed E-state index contributed by atoms with van der Waals surface area (Å²) >= 11 is 0. The first kappa shape index (κ1) is 29.2. The summed E-state index contributed by atoms with van der Waals surface area (Å²) in [6.07, 6.45) is 1.27. The number of nitrogens with zero attached hydrogens (tertiary/aromatic N) is 1. The van der Waals surface area contributed by atoms with Gasteiger partial charge >= 0.3 is 5.97 Å². The first-order valence-corrected chi connectivity index (χ1v) is 12.8. The number of aromatic nitrogens is 1. The van der Waals surface area contributed by atoms with Crippen molar-refractivity contribution in [3.8, 4) is 11.8 Å². The van der Waals surface area contributed by atoms with Gasteiger partial charge in [-0.15, -0.1) is 0 Å². The number of aromatic amines is 1. The third-order valence-corrected chi connectivity index (χ3v) is 6.36. The lowest BCUT2D eigenvalue weighted by molar-refractivity contribution is -0.154. The number of rotatable bonds is 12. The van der Waals surface area contributed by atoms with Gasteiger partial charge in [-0.2, -0.15) is 5.26 Å². The summed E-state index contributed by atoms with van der Waals surface area (Å²) in [7, 11) is 0. The van der Waals surface area contributed by atoms with Crippen LogP contribution in [0, 0.1) is 22.7 Å². The normalized spacial score (nSPS) is 15.9. The molecule has 1 aliphatic rings. The highest BCUT2D eigenvalue weighted by atomic mass is 16.5. The minimum Gasteiger partial charge on any atom is -0.493 e. The number of ketones is 1. The maximum Gasteiger partial charge on any atom is 0.326 e. The smallest absolute Gasteiger partial charge is 0.326 e. The van der Waals surface area contributed by atoms with E-state index < -0.39 is 54.1 Å². The summed E-state index contributed by atoms with van der Waals surface area (Å²) in [4.78, 5) is 65.7. The van der Waals surface area contributed by atoms with Gasteiger partial charge in [0.25, 0.3) is 5.91 Å². The second-order valence-electron chi connectivity index (χ2n) is 9.78. The molecule has 0 spiro atoms. The lowest BCUT2D eigenvalue weighted by Crippen LogP contribution is -2.49. The van der Waals surface area contributed by atoms with Gasteiger partial charge in [0.1, 0.15) is 16.9 Å². The Balaban J connectivity index is 1.64. The average molecular weight is 540 g/mol. The molecule has 3 rings (SSSR count). The van der Waals surface area contributed by atoms with Crippen molar-refractivity contribution >= 4 is 40.4 Å². The first-order valence-electron chi connectivity index (χ1n) is 12.8. The van der Waals surface area contributed by atoms with E-state index >= 15 is 0 Å². The molecule has 12 heteroatoms. The van der Waals surface area contributed by atoms with Crippen molar-refractivity contribution in [3.63, 3.8) is 0 Å². The number of amides is 3. The molecule has 0 aliphatic carbocycles. The van der Waals surface area contributed by atoms with Crippen LogP contribution in [-0.4, -0.2) is 66.8 Å². The van der Waals surface area contributed by atoms with Crippen LogP contribution in [0.2, 0.25) is 0 Å². The number of nitrogens with one attached hydrogen (secondary N) is 4. The highest BCUT2D eigenvalue weighted by molar-refractivity contribution is 6.01. The van der Waals surface area contributed by atoms with Crippen molar-refractivity contribution in [1.29, 1.82) is 5.26 Å². The Kier molecular flexibility index (Phi) is 9.65. The number of ether oxygens (including phenoxy) is 2. The predicted molar refractivity (Wildman–Crippen MR) is 139 cm³/mol. The van der Waals surface area contributed by atoms with Gasteiger partial charge in [0.2, 0.25) is 11.8 Å². The number of benzene rings is 1. The number of Topliss-reactive ketones (excluding diaryl/α,β-unsaturated/α-hetero) is 1. The molecule has 1 fully saturated rings. The number of esters is 1. The molecule has 208 valence electrons. The molecule has 2 heterocycles. The van der Waals surface area contributed by atoms with E-state index in [1.807, 2.05) is 6.92 Å². The van der Waals surface area contributed by atoms with Gasteiger partial charge in [-0.1, -0.05) is 6.07 Å². The highest BCUT2D eigenvalue weighted by Gasteiger charge is 2.33. The number of hydrogen-bond acceptors (Lipinski definition) is 8. The maximum absolute atomic E-state index is 12.9. The number of piperidine rings is 1. The lowest BCUT2D eigenvalue weighted by Gasteiger charge is -2.26. The Bertz CT molecular complexity index is 1290. The zero-order valence-corrected chi connectivity index (χ0v) is 22.2. The summed E-state index contributed by atoms with van der Waals surface area (Å²) in [5.74, 6) is -2.82. The molecule has 0 bridgehead atoms. The minimum absolute atomic E-state index is 0.00572. The highest BCUT2D eigenvalue weighted by Crippen LogP contribution is 2.26. The van der Waals surface area contributed by atoms with E-state index in [1.54, 1.807) is 30.3 Å². The van der Waals surface area contributed by atoms with Crippen molar-refractivity contribution in [2.24, 2.45) is 11.3 Å². The average Bonchev–Trinajstić information content (AvgIpc) is 3.36. The van der Waals surface area contributed by atoms with Gasteiger partial charge in [-0.05, 0) is 58.2 Å². The Hall–Kier alpha value is -4.40. The predicted octanol–water partition coefficient (Wildman–Crippen LogP) is 1.36. The van der Waals surface area contributed by atoms with Gasteiger partial charge < -0.3 is 30.4 Å². The van der Waals surface area contributed by atoms with Crippen molar-refractivity contribution in [2.45, 2.75) is 46.1 Å². The lowest BCUT2D eigenvalue weighted by atomic mass is 9.90. The van der Waals surface area contributed by atoms with Gasteiger partial charge in [0.05, 0.1) is 25.3 Å². The molecule has 1 unspecified atom stereocenters. The van der Waals surface area contributed by atoms with Crippen LogP contribution < -0.4 is 20.7 Å². The van der Waals surface area contributed by atoms with Crippen LogP contribution in [0.1, 0.15) is 50.5 Å². The van der Waals surface area contributed by atoms with Crippen LogP contribution in [-0.2, 0) is 23.9 Å². The standard InChI is InChI=1S/C27H33N5O7/c1-4-38-22-9-5-8-18-17(22)12-20(31-18)25(36)30-13-23(34)32-19(11-16-7-6-10-29-24(16)35)21(33)14-39-26(37)27(2,3)15-28/h5,8-9,12,16,19,31H,4,6-7,10-11,13-14H2,1-3H3,(H,29,35)(H,30,36)(H,32,34)/t16-,19?/m0/s1. The third-order valence-electron chi connectivity index (χ3n) is 6.36. The van der Waals surface area contributed by atoms with Crippen LogP contribution in [0.15, 0.2) is 24.3 Å². The van der Waals surface area contributed by atoms with Crippen LogP contribution in [0.5, 0.6) is 5.75 Å². The Morgan fingerprint density at radius 1 is 1.26 bits per heavy atom. The summed E-state index contributed by atoms with van der Waals surface area (Å²) in [6, 6.07) is 7.66. The molecule has 1 aromatic heterocycles. The third kappa shape index (κ3) is 7.56. The van der Waals surface area contributed by atoms with Crippen LogP contribution >= 0.6 is 0 Å². The van der Waals surface area contributed by atoms with E-state index in [0.29, 0.717) is 30.8 Å². The fraction of sp³-hybridized carbons (Fsp3) is 0.481. The van der Waals surface area contributed by atoms with Crippen molar-refractivity contribution in [1.82, 2.24) is 20.9 Å². The van der Waals surface area contributed by atoms with E-state index in [0.717, 1.165) is 11.8 Å². The van der Waals surface area contributed by atoms with Crippen molar-refractivity contribution in [3.05, 3.63) is 30.0 Å². The summed E-state index contributed by atoms with van der Waals surface area (Å²) in [5.41, 5.74) is -0.525. The molecule has 0 saturated carbocycles. The van der Waals surface area contributed by atoms with E-state index in [1.165, 1.54) is 13.8 Å². The molecule has 12 nitrogen and oxygen atoms in total. The molecule has 0 radical (unpaired) electrons. The van der Waals surface area contributed by atoms with Gasteiger partial charge in [0.15, 0.2) is 12.4 Å². The topological polar surface area (TPSA) is 179 Å². The van der Waals surface area contributed by atoms with Crippen molar-refractivity contribution in [2.75, 3.05) is 26.3 Å². The SMILES string of the molecule is CCOc1cccc2[nH]c(C(=O)NCC(=O)NC(C[C@@H]3CCCNC3=O)C(=O)COC(=O)C(C)(C)C#N)cc12. The first-order chi connectivity index (χ1) is 18.6. The number of hydrogen-bond donors (Lipinski definition) is 4. The van der Waals surface area contributed by atoms with Crippen molar-refractivity contribution < 1.29 is 33.4 Å². The number of carbonyl (C=O) groups excluding carboxylic acids is 5. The van der Waals surface area contributed by atoms with Crippen LogP contribution in [0.25, 0.3) is 10.9 Å². The fourth-order valence-electron chi connectivity index (χ4n) is 4.11. The molecule has 3 amide bonds. The second-order valence-corrected chi connectivity index (χ2v) is 9.78. The van der Waals surface area contributed by atoms with Gasteiger partial charge in [-0.25, -0.2) is 0 Å². The Morgan fingerprint density at radius 3 is 2.72 bits per heavy atom.